The van der Waals surface area contributed by atoms with Crippen molar-refractivity contribution in [2.45, 2.75) is 24.9 Å². The molecule has 0 aliphatic rings. The molecule has 0 aliphatic heterocycles. The lowest BCUT2D eigenvalue weighted by atomic mass is 10.3. The van der Waals surface area contributed by atoms with Crippen LogP contribution >= 0.6 is 11.3 Å². The van der Waals surface area contributed by atoms with Gasteiger partial charge in [-0.05, 0) is 58.8 Å². The average molecular weight is 390 g/mol. The Hall–Kier alpha value is -2.42. The zero-order chi connectivity index (χ0) is 18.6. The molecule has 0 atom stereocenters. The maximum atomic E-state index is 13.1. The number of thiophene rings is 1. The third-order valence-corrected chi connectivity index (χ3v) is 6.20. The summed E-state index contributed by atoms with van der Waals surface area (Å²) in [5, 5.41) is 6.46. The second-order valence-electron chi connectivity index (χ2n) is 5.69. The van der Waals surface area contributed by atoms with E-state index in [0.717, 1.165) is 5.56 Å². The lowest BCUT2D eigenvalue weighted by Gasteiger charge is -2.21. The van der Waals surface area contributed by atoms with Crippen LogP contribution in [0.25, 0.3) is 0 Å². The lowest BCUT2D eigenvalue weighted by Crippen LogP contribution is -2.30. The fourth-order valence-corrected chi connectivity index (χ4v) is 4.51. The summed E-state index contributed by atoms with van der Waals surface area (Å²) in [4.78, 5) is 11.3. The molecule has 1 amide bonds. The van der Waals surface area contributed by atoms with E-state index in [9.17, 15) is 13.2 Å². The van der Waals surface area contributed by atoms with E-state index in [1.54, 1.807) is 24.3 Å². The molecule has 6 nitrogen and oxygen atoms in total. The monoisotopic (exact) mass is 390 g/mol. The molecular formula is C18H18N2O4S2. The summed E-state index contributed by atoms with van der Waals surface area (Å²) < 4.78 is 32.9. The number of nitrogens with one attached hydrogen (secondary N) is 1. The predicted molar refractivity (Wildman–Crippen MR) is 100 cm³/mol. The number of rotatable bonds is 7. The van der Waals surface area contributed by atoms with Gasteiger partial charge in [-0.25, -0.2) is 8.42 Å². The summed E-state index contributed by atoms with van der Waals surface area (Å²) in [6.07, 6.45) is 1.52. The van der Waals surface area contributed by atoms with Crippen LogP contribution in [0.1, 0.15) is 18.2 Å². The van der Waals surface area contributed by atoms with Crippen molar-refractivity contribution in [3.05, 3.63) is 70.8 Å². The van der Waals surface area contributed by atoms with Crippen LogP contribution in [0.3, 0.4) is 0 Å². The smallest absolute Gasteiger partial charge is 0.243 e. The van der Waals surface area contributed by atoms with E-state index in [1.807, 2.05) is 16.8 Å². The first kappa shape index (κ1) is 18.4. The van der Waals surface area contributed by atoms with Gasteiger partial charge >= 0.3 is 0 Å². The zero-order valence-corrected chi connectivity index (χ0v) is 15.7. The van der Waals surface area contributed by atoms with Gasteiger partial charge in [0, 0.05) is 19.2 Å². The first-order chi connectivity index (χ1) is 12.4. The average Bonchev–Trinajstić information content (AvgIpc) is 3.28. The number of sulfonamides is 1. The summed E-state index contributed by atoms with van der Waals surface area (Å²) in [6.45, 7) is 1.79. The Bertz CT molecular complexity index is 911. The Morgan fingerprint density at radius 3 is 2.50 bits per heavy atom. The summed E-state index contributed by atoms with van der Waals surface area (Å²) in [5.74, 6) is 0.358. The van der Waals surface area contributed by atoms with Crippen LogP contribution in [-0.4, -0.2) is 18.6 Å². The summed E-state index contributed by atoms with van der Waals surface area (Å²) >= 11 is 1.52. The Labute approximate surface area is 156 Å². The van der Waals surface area contributed by atoms with Crippen molar-refractivity contribution in [1.29, 1.82) is 0 Å². The molecule has 2 heterocycles. The van der Waals surface area contributed by atoms with Crippen LogP contribution in [-0.2, 0) is 27.9 Å². The fourth-order valence-electron chi connectivity index (χ4n) is 2.45. The Kier molecular flexibility index (Phi) is 5.55. The predicted octanol–water partition coefficient (Wildman–Crippen LogP) is 3.69. The van der Waals surface area contributed by atoms with Crippen LogP contribution in [0.5, 0.6) is 0 Å². The third-order valence-electron chi connectivity index (χ3n) is 3.66. The number of anilines is 1. The largest absolute Gasteiger partial charge is 0.468 e. The number of carbonyl (C=O) groups is 1. The highest BCUT2D eigenvalue weighted by molar-refractivity contribution is 7.89. The van der Waals surface area contributed by atoms with Crippen LogP contribution in [0.15, 0.2) is 68.8 Å². The normalized spacial score (nSPS) is 11.6. The molecule has 0 unspecified atom stereocenters. The molecule has 8 heteroatoms. The van der Waals surface area contributed by atoms with Gasteiger partial charge in [0.15, 0.2) is 0 Å². The Morgan fingerprint density at radius 1 is 1.15 bits per heavy atom. The minimum atomic E-state index is -3.73. The van der Waals surface area contributed by atoms with Crippen molar-refractivity contribution in [3.63, 3.8) is 0 Å². The number of benzene rings is 1. The van der Waals surface area contributed by atoms with Gasteiger partial charge in [-0.15, -0.1) is 0 Å². The maximum absolute atomic E-state index is 13.1. The first-order valence-electron chi connectivity index (χ1n) is 7.86. The molecule has 0 fully saturated rings. The van der Waals surface area contributed by atoms with E-state index in [2.05, 4.69) is 5.32 Å². The number of amides is 1. The van der Waals surface area contributed by atoms with Gasteiger partial charge in [-0.1, -0.05) is 0 Å². The van der Waals surface area contributed by atoms with E-state index in [4.69, 9.17) is 4.42 Å². The summed E-state index contributed by atoms with van der Waals surface area (Å²) in [5.41, 5.74) is 1.46. The minimum absolute atomic E-state index is 0.138. The Morgan fingerprint density at radius 2 is 1.92 bits per heavy atom. The van der Waals surface area contributed by atoms with Gasteiger partial charge < -0.3 is 9.73 Å². The van der Waals surface area contributed by atoms with Gasteiger partial charge in [0.2, 0.25) is 15.9 Å². The van der Waals surface area contributed by atoms with Crippen molar-refractivity contribution in [1.82, 2.24) is 4.31 Å². The SMILES string of the molecule is CC(=O)Nc1ccc(S(=O)(=O)N(Cc2ccsc2)Cc2ccco2)cc1. The van der Waals surface area contributed by atoms with Gasteiger partial charge in [0.1, 0.15) is 5.76 Å². The van der Waals surface area contributed by atoms with E-state index >= 15 is 0 Å². The van der Waals surface area contributed by atoms with Crippen molar-refractivity contribution in [2.24, 2.45) is 0 Å². The first-order valence-corrected chi connectivity index (χ1v) is 10.2. The van der Waals surface area contributed by atoms with Crippen molar-refractivity contribution < 1.29 is 17.6 Å². The van der Waals surface area contributed by atoms with Crippen molar-refractivity contribution in [2.75, 3.05) is 5.32 Å². The quantitative estimate of drug-likeness (QED) is 0.667. The number of carbonyl (C=O) groups excluding carboxylic acids is 1. The number of hydrogen-bond donors (Lipinski definition) is 1. The molecule has 3 aromatic rings. The molecule has 0 saturated carbocycles. The van der Waals surface area contributed by atoms with Crippen molar-refractivity contribution >= 4 is 33.0 Å². The molecule has 0 spiro atoms. The molecule has 1 aromatic carbocycles. The molecule has 0 radical (unpaired) electrons. The molecule has 1 N–H and O–H groups in total. The van der Waals surface area contributed by atoms with E-state index in [1.165, 1.54) is 41.0 Å². The molecule has 0 aliphatic carbocycles. The highest BCUT2D eigenvalue weighted by Gasteiger charge is 2.26. The highest BCUT2D eigenvalue weighted by atomic mass is 32.2. The standard InChI is InChI=1S/C18H18N2O4S2/c1-14(21)19-16-4-6-18(7-5-16)26(22,23)20(11-15-8-10-25-13-15)12-17-3-2-9-24-17/h2-10,13H,11-12H2,1H3,(H,19,21). The Balaban J connectivity index is 1.88. The van der Waals surface area contributed by atoms with Gasteiger partial charge in [0.05, 0.1) is 17.7 Å². The highest BCUT2D eigenvalue weighted by Crippen LogP contribution is 2.23. The van der Waals surface area contributed by atoms with Gasteiger partial charge in [-0.2, -0.15) is 15.6 Å². The lowest BCUT2D eigenvalue weighted by molar-refractivity contribution is -0.114. The molecule has 0 bridgehead atoms. The molecule has 136 valence electrons. The van der Waals surface area contributed by atoms with Crippen LogP contribution in [0.4, 0.5) is 5.69 Å². The topological polar surface area (TPSA) is 79.6 Å². The van der Waals surface area contributed by atoms with Gasteiger partial charge in [-0.3, -0.25) is 4.79 Å². The van der Waals surface area contributed by atoms with E-state index in [0.29, 0.717) is 11.4 Å². The number of furan rings is 1. The van der Waals surface area contributed by atoms with Crippen LogP contribution < -0.4 is 5.32 Å². The molecule has 2 aromatic heterocycles. The number of hydrogen-bond acceptors (Lipinski definition) is 5. The minimum Gasteiger partial charge on any atom is -0.468 e. The van der Waals surface area contributed by atoms with Crippen LogP contribution in [0.2, 0.25) is 0 Å². The van der Waals surface area contributed by atoms with E-state index in [-0.39, 0.29) is 23.9 Å². The summed E-state index contributed by atoms with van der Waals surface area (Å²) in [6, 6.07) is 11.5. The maximum Gasteiger partial charge on any atom is 0.243 e. The third kappa shape index (κ3) is 4.40. The van der Waals surface area contributed by atoms with Gasteiger partial charge in [0.25, 0.3) is 0 Å². The van der Waals surface area contributed by atoms with E-state index < -0.39 is 10.0 Å². The summed E-state index contributed by atoms with van der Waals surface area (Å²) in [7, 11) is -3.73. The fraction of sp³-hybridized carbons (Fsp3) is 0.167. The number of nitrogens with zero attached hydrogens (tertiary/aromatic N) is 1. The zero-order valence-electron chi connectivity index (χ0n) is 14.1. The second-order valence-corrected chi connectivity index (χ2v) is 8.41. The molecular weight excluding hydrogens is 372 g/mol. The molecule has 26 heavy (non-hydrogen) atoms. The second kappa shape index (κ2) is 7.86. The van der Waals surface area contributed by atoms with Crippen LogP contribution in [0, 0.1) is 0 Å². The molecule has 0 saturated heterocycles. The van der Waals surface area contributed by atoms with Crippen molar-refractivity contribution in [3.8, 4) is 0 Å². The molecule has 3 rings (SSSR count).